The average molecular weight is 353 g/mol. The van der Waals surface area contributed by atoms with Gasteiger partial charge in [0.15, 0.2) is 12.4 Å². The number of ketones is 1. The molecule has 0 fully saturated rings. The lowest BCUT2D eigenvalue weighted by Gasteiger charge is -2.17. The van der Waals surface area contributed by atoms with Gasteiger partial charge in [0, 0.05) is 17.2 Å². The molecular weight excluding hydrogens is 330 g/mol. The number of esters is 1. The molecule has 0 unspecified atom stereocenters. The molecule has 136 valence electrons. The van der Waals surface area contributed by atoms with Crippen LogP contribution < -0.4 is 5.32 Å². The van der Waals surface area contributed by atoms with Gasteiger partial charge in [0.05, 0.1) is 5.56 Å². The summed E-state index contributed by atoms with van der Waals surface area (Å²) in [6, 6.07) is 15.1. The van der Waals surface area contributed by atoms with Crippen molar-refractivity contribution in [1.82, 2.24) is 5.32 Å². The molecule has 0 radical (unpaired) electrons. The van der Waals surface area contributed by atoms with Gasteiger partial charge >= 0.3 is 5.97 Å². The number of amides is 1. The molecule has 2 rings (SSSR count). The Balaban J connectivity index is 2.08. The Labute approximate surface area is 153 Å². The first-order chi connectivity index (χ1) is 12.4. The SMILES string of the molecule is CC(C)[C@@H](C)NC(=O)COC(=O)c1ccccc1C(=O)c1ccccc1. The van der Waals surface area contributed by atoms with E-state index in [0.29, 0.717) is 5.56 Å². The quantitative estimate of drug-likeness (QED) is 0.613. The average Bonchev–Trinajstić information content (AvgIpc) is 2.66. The van der Waals surface area contributed by atoms with Crippen molar-refractivity contribution < 1.29 is 19.1 Å². The molecule has 0 aliphatic carbocycles. The van der Waals surface area contributed by atoms with Crippen LogP contribution in [0.5, 0.6) is 0 Å². The maximum Gasteiger partial charge on any atom is 0.339 e. The number of hydrogen-bond acceptors (Lipinski definition) is 4. The van der Waals surface area contributed by atoms with Crippen molar-refractivity contribution in [1.29, 1.82) is 0 Å². The van der Waals surface area contributed by atoms with Crippen molar-refractivity contribution in [3.05, 3.63) is 71.3 Å². The third kappa shape index (κ3) is 5.02. The van der Waals surface area contributed by atoms with Gasteiger partial charge in [0.1, 0.15) is 0 Å². The fourth-order valence-corrected chi connectivity index (χ4v) is 2.28. The molecule has 1 N–H and O–H groups in total. The molecule has 0 aliphatic heterocycles. The van der Waals surface area contributed by atoms with Crippen LogP contribution in [-0.2, 0) is 9.53 Å². The summed E-state index contributed by atoms with van der Waals surface area (Å²) in [7, 11) is 0. The molecular formula is C21H23NO4. The van der Waals surface area contributed by atoms with Gasteiger partial charge in [-0.15, -0.1) is 0 Å². The second-order valence-corrected chi connectivity index (χ2v) is 6.42. The summed E-state index contributed by atoms with van der Waals surface area (Å²) in [6.45, 7) is 5.48. The molecule has 5 nitrogen and oxygen atoms in total. The smallest absolute Gasteiger partial charge is 0.339 e. The standard InChI is InChI=1S/C21H23NO4/c1-14(2)15(3)22-19(23)13-26-21(25)18-12-8-7-11-17(18)20(24)16-9-5-4-6-10-16/h4-12,14-15H,13H2,1-3H3,(H,22,23)/t15-/m1/s1. The van der Waals surface area contributed by atoms with Gasteiger partial charge in [0.25, 0.3) is 5.91 Å². The van der Waals surface area contributed by atoms with Crippen LogP contribution in [0.4, 0.5) is 0 Å². The number of benzene rings is 2. The first kappa shape index (κ1) is 19.4. The molecule has 26 heavy (non-hydrogen) atoms. The highest BCUT2D eigenvalue weighted by atomic mass is 16.5. The largest absolute Gasteiger partial charge is 0.452 e. The van der Waals surface area contributed by atoms with E-state index in [-0.39, 0.29) is 41.4 Å². The van der Waals surface area contributed by atoms with E-state index in [0.717, 1.165) is 0 Å². The van der Waals surface area contributed by atoms with Crippen LogP contribution in [0, 0.1) is 5.92 Å². The van der Waals surface area contributed by atoms with Crippen LogP contribution in [0.25, 0.3) is 0 Å². The summed E-state index contributed by atoms with van der Waals surface area (Å²) < 4.78 is 5.09. The summed E-state index contributed by atoms with van der Waals surface area (Å²) in [5.41, 5.74) is 0.877. The maximum absolute atomic E-state index is 12.6. The molecule has 0 heterocycles. The number of ether oxygens (including phenoxy) is 1. The monoisotopic (exact) mass is 353 g/mol. The molecule has 0 saturated heterocycles. The zero-order valence-corrected chi connectivity index (χ0v) is 15.2. The Morgan fingerprint density at radius 3 is 2.08 bits per heavy atom. The van der Waals surface area contributed by atoms with Crippen LogP contribution in [0.2, 0.25) is 0 Å². The third-order valence-corrected chi connectivity index (χ3v) is 4.15. The van der Waals surface area contributed by atoms with E-state index in [1.54, 1.807) is 42.5 Å². The first-order valence-electron chi connectivity index (χ1n) is 8.55. The highest BCUT2D eigenvalue weighted by Gasteiger charge is 2.20. The van der Waals surface area contributed by atoms with Crippen molar-refractivity contribution in [2.45, 2.75) is 26.8 Å². The van der Waals surface area contributed by atoms with Gasteiger partial charge in [0.2, 0.25) is 0 Å². The summed E-state index contributed by atoms with van der Waals surface area (Å²) in [5.74, 6) is -1.06. The van der Waals surface area contributed by atoms with Crippen molar-refractivity contribution >= 4 is 17.7 Å². The Morgan fingerprint density at radius 2 is 1.46 bits per heavy atom. The molecule has 1 amide bonds. The Bertz CT molecular complexity index is 784. The van der Waals surface area contributed by atoms with Crippen molar-refractivity contribution in [2.75, 3.05) is 6.61 Å². The zero-order chi connectivity index (χ0) is 19.1. The fourth-order valence-electron chi connectivity index (χ4n) is 2.28. The molecule has 2 aromatic rings. The molecule has 0 aromatic heterocycles. The van der Waals surface area contributed by atoms with Gasteiger partial charge < -0.3 is 10.1 Å². The van der Waals surface area contributed by atoms with Gasteiger partial charge in [-0.1, -0.05) is 62.4 Å². The van der Waals surface area contributed by atoms with E-state index in [9.17, 15) is 14.4 Å². The lowest BCUT2D eigenvalue weighted by molar-refractivity contribution is -0.125. The van der Waals surface area contributed by atoms with E-state index in [1.165, 1.54) is 6.07 Å². The van der Waals surface area contributed by atoms with Gasteiger partial charge in [-0.3, -0.25) is 9.59 Å². The lowest BCUT2D eigenvalue weighted by Crippen LogP contribution is -2.38. The number of nitrogens with one attached hydrogen (secondary N) is 1. The molecule has 0 bridgehead atoms. The molecule has 0 saturated carbocycles. The van der Waals surface area contributed by atoms with Crippen molar-refractivity contribution in [3.63, 3.8) is 0 Å². The number of carbonyl (C=O) groups is 3. The van der Waals surface area contributed by atoms with E-state index < -0.39 is 5.97 Å². The summed E-state index contributed by atoms with van der Waals surface area (Å²) in [6.07, 6.45) is 0. The van der Waals surface area contributed by atoms with Crippen LogP contribution >= 0.6 is 0 Å². The second-order valence-electron chi connectivity index (χ2n) is 6.42. The minimum absolute atomic E-state index is 0.0202. The maximum atomic E-state index is 12.6. The minimum Gasteiger partial charge on any atom is -0.452 e. The Hall–Kier alpha value is -2.95. The number of carbonyl (C=O) groups excluding carboxylic acids is 3. The van der Waals surface area contributed by atoms with E-state index >= 15 is 0 Å². The number of hydrogen-bond donors (Lipinski definition) is 1. The molecule has 0 aliphatic rings. The lowest BCUT2D eigenvalue weighted by atomic mass is 9.98. The van der Waals surface area contributed by atoms with Crippen molar-refractivity contribution in [2.24, 2.45) is 5.92 Å². The highest BCUT2D eigenvalue weighted by Crippen LogP contribution is 2.15. The highest BCUT2D eigenvalue weighted by molar-refractivity contribution is 6.14. The van der Waals surface area contributed by atoms with E-state index in [4.69, 9.17) is 4.74 Å². The van der Waals surface area contributed by atoms with E-state index in [1.807, 2.05) is 26.8 Å². The van der Waals surface area contributed by atoms with Crippen LogP contribution in [0.15, 0.2) is 54.6 Å². The van der Waals surface area contributed by atoms with Gasteiger partial charge in [-0.05, 0) is 18.9 Å². The summed E-state index contributed by atoms with van der Waals surface area (Å²) >= 11 is 0. The predicted molar refractivity (Wildman–Crippen MR) is 99.0 cm³/mol. The molecule has 5 heteroatoms. The van der Waals surface area contributed by atoms with Gasteiger partial charge in [-0.2, -0.15) is 0 Å². The second kappa shape index (κ2) is 8.94. The van der Waals surface area contributed by atoms with Crippen LogP contribution in [0.3, 0.4) is 0 Å². The fraction of sp³-hybridized carbons (Fsp3) is 0.286. The summed E-state index contributed by atoms with van der Waals surface area (Å²) in [4.78, 5) is 36.9. The Kier molecular flexibility index (Phi) is 6.67. The van der Waals surface area contributed by atoms with Crippen LogP contribution in [0.1, 0.15) is 47.1 Å². The van der Waals surface area contributed by atoms with Crippen molar-refractivity contribution in [3.8, 4) is 0 Å². The van der Waals surface area contributed by atoms with Gasteiger partial charge in [-0.25, -0.2) is 4.79 Å². The molecule has 1 atom stereocenters. The summed E-state index contributed by atoms with van der Waals surface area (Å²) in [5, 5.41) is 2.77. The minimum atomic E-state index is -0.697. The zero-order valence-electron chi connectivity index (χ0n) is 15.2. The van der Waals surface area contributed by atoms with Crippen LogP contribution in [-0.4, -0.2) is 30.3 Å². The normalized spacial score (nSPS) is 11.7. The predicted octanol–water partition coefficient (Wildman–Crippen LogP) is 3.24. The van der Waals surface area contributed by atoms with E-state index in [2.05, 4.69) is 5.32 Å². The Morgan fingerprint density at radius 1 is 0.885 bits per heavy atom. The third-order valence-electron chi connectivity index (χ3n) is 4.15. The number of rotatable bonds is 7. The topological polar surface area (TPSA) is 72.5 Å². The molecule has 2 aromatic carbocycles. The first-order valence-corrected chi connectivity index (χ1v) is 8.55. The molecule has 0 spiro atoms.